The molecule has 3 rings (SSSR count). The van der Waals surface area contributed by atoms with Crippen LogP contribution < -0.4 is 0 Å². The van der Waals surface area contributed by atoms with E-state index in [2.05, 4.69) is 49.4 Å². The summed E-state index contributed by atoms with van der Waals surface area (Å²) in [5, 5.41) is 11.3. The number of rotatable bonds is 6. The van der Waals surface area contributed by atoms with Crippen molar-refractivity contribution in [2.45, 2.75) is 57.0 Å². The molecule has 1 nitrogen and oxygen atoms in total. The third kappa shape index (κ3) is 3.35. The van der Waals surface area contributed by atoms with Crippen molar-refractivity contribution in [1.82, 2.24) is 0 Å². The molecule has 2 aromatic rings. The molecule has 1 saturated carbocycles. The van der Waals surface area contributed by atoms with E-state index in [0.29, 0.717) is 0 Å². The maximum Gasteiger partial charge on any atom is 0.0886 e. The predicted octanol–water partition coefficient (Wildman–Crippen LogP) is 5.65. The molecule has 1 N–H and O–H groups in total. The minimum atomic E-state index is -0.419. The highest BCUT2D eigenvalue weighted by Gasteiger charge is 2.46. The summed E-state index contributed by atoms with van der Waals surface area (Å²) in [6.07, 6.45) is 6.87. The van der Waals surface area contributed by atoms with E-state index in [-0.39, 0.29) is 5.41 Å². The Bertz CT molecular complexity index is 592. The van der Waals surface area contributed by atoms with E-state index in [1.807, 2.05) is 18.2 Å². The fraction of sp³-hybridized carbons (Fsp3) is 0.455. The van der Waals surface area contributed by atoms with Crippen LogP contribution >= 0.6 is 0 Å². The molecule has 1 aliphatic rings. The van der Waals surface area contributed by atoms with Gasteiger partial charge in [-0.1, -0.05) is 86.8 Å². The van der Waals surface area contributed by atoms with Crippen LogP contribution in [-0.4, -0.2) is 5.11 Å². The standard InChI is InChI=1S/C22H28O/c1-2-3-10-18-15-16-22(17-18,20-13-8-5-9-14-20)21(23)19-11-6-4-7-12-19/h4-9,11-14,18,21,23H,2-3,10,15-17H2,1H3. The summed E-state index contributed by atoms with van der Waals surface area (Å²) in [5.41, 5.74) is 2.23. The van der Waals surface area contributed by atoms with Crippen molar-refractivity contribution in [3.8, 4) is 0 Å². The minimum absolute atomic E-state index is 0.124. The third-order valence-corrected chi connectivity index (χ3v) is 5.60. The first-order valence-electron chi connectivity index (χ1n) is 9.05. The molecule has 0 amide bonds. The molecule has 1 fully saturated rings. The van der Waals surface area contributed by atoms with Gasteiger partial charge in [-0.05, 0) is 36.3 Å². The van der Waals surface area contributed by atoms with Crippen LogP contribution in [0.3, 0.4) is 0 Å². The van der Waals surface area contributed by atoms with E-state index < -0.39 is 6.10 Å². The number of hydrogen-bond donors (Lipinski definition) is 1. The first-order chi connectivity index (χ1) is 11.3. The van der Waals surface area contributed by atoms with Crippen molar-refractivity contribution in [3.05, 3.63) is 71.8 Å². The van der Waals surface area contributed by atoms with Crippen LogP contribution in [0.25, 0.3) is 0 Å². The lowest BCUT2D eigenvalue weighted by Crippen LogP contribution is -2.31. The van der Waals surface area contributed by atoms with E-state index in [1.165, 1.54) is 31.2 Å². The van der Waals surface area contributed by atoms with Gasteiger partial charge in [-0.15, -0.1) is 0 Å². The molecule has 0 saturated heterocycles. The Labute approximate surface area is 140 Å². The third-order valence-electron chi connectivity index (χ3n) is 5.60. The first-order valence-corrected chi connectivity index (χ1v) is 9.05. The molecule has 0 spiro atoms. The summed E-state index contributed by atoms with van der Waals surface area (Å²) in [5.74, 6) is 0.744. The van der Waals surface area contributed by atoms with E-state index in [4.69, 9.17) is 0 Å². The first kappa shape index (κ1) is 16.3. The van der Waals surface area contributed by atoms with Gasteiger partial charge < -0.3 is 5.11 Å². The topological polar surface area (TPSA) is 20.2 Å². The molecule has 0 aliphatic heterocycles. The Morgan fingerprint density at radius 1 is 1.04 bits per heavy atom. The number of aliphatic hydroxyl groups is 1. The van der Waals surface area contributed by atoms with Crippen molar-refractivity contribution < 1.29 is 5.11 Å². The van der Waals surface area contributed by atoms with Crippen molar-refractivity contribution >= 4 is 0 Å². The molecule has 0 heterocycles. The normalized spacial score (nSPS) is 25.4. The van der Waals surface area contributed by atoms with Gasteiger partial charge in [-0.2, -0.15) is 0 Å². The lowest BCUT2D eigenvalue weighted by atomic mass is 9.71. The molecular formula is C22H28O. The van der Waals surface area contributed by atoms with Crippen LogP contribution in [0.15, 0.2) is 60.7 Å². The maximum atomic E-state index is 11.3. The van der Waals surface area contributed by atoms with Gasteiger partial charge >= 0.3 is 0 Å². The quantitative estimate of drug-likeness (QED) is 0.731. The van der Waals surface area contributed by atoms with E-state index in [9.17, 15) is 5.11 Å². The lowest BCUT2D eigenvalue weighted by Gasteiger charge is -2.36. The maximum absolute atomic E-state index is 11.3. The van der Waals surface area contributed by atoms with Crippen LogP contribution in [0.1, 0.15) is 62.7 Å². The molecule has 2 aromatic carbocycles. The van der Waals surface area contributed by atoms with Crippen molar-refractivity contribution in [2.24, 2.45) is 5.92 Å². The highest BCUT2D eigenvalue weighted by atomic mass is 16.3. The van der Waals surface area contributed by atoms with E-state index in [1.54, 1.807) is 0 Å². The lowest BCUT2D eigenvalue weighted by molar-refractivity contribution is 0.0791. The summed E-state index contributed by atoms with van der Waals surface area (Å²) < 4.78 is 0. The number of aliphatic hydroxyl groups excluding tert-OH is 1. The number of unbranched alkanes of at least 4 members (excludes halogenated alkanes) is 1. The number of benzene rings is 2. The average molecular weight is 308 g/mol. The van der Waals surface area contributed by atoms with Crippen LogP contribution in [0, 0.1) is 5.92 Å². The van der Waals surface area contributed by atoms with Crippen LogP contribution in [0.4, 0.5) is 0 Å². The van der Waals surface area contributed by atoms with Gasteiger partial charge in [-0.3, -0.25) is 0 Å². The van der Waals surface area contributed by atoms with Gasteiger partial charge in [0.25, 0.3) is 0 Å². The van der Waals surface area contributed by atoms with Gasteiger partial charge in [0.15, 0.2) is 0 Å². The second-order valence-corrected chi connectivity index (χ2v) is 7.09. The van der Waals surface area contributed by atoms with Crippen LogP contribution in [0.5, 0.6) is 0 Å². The van der Waals surface area contributed by atoms with E-state index >= 15 is 0 Å². The molecule has 1 heteroatoms. The van der Waals surface area contributed by atoms with Crippen LogP contribution in [-0.2, 0) is 5.41 Å². The summed E-state index contributed by atoms with van der Waals surface area (Å²) in [4.78, 5) is 0. The molecule has 1 aliphatic carbocycles. The zero-order valence-corrected chi connectivity index (χ0v) is 14.1. The molecule has 0 aromatic heterocycles. The monoisotopic (exact) mass is 308 g/mol. The second kappa shape index (κ2) is 7.31. The molecule has 0 radical (unpaired) electrons. The van der Waals surface area contributed by atoms with Gasteiger partial charge in [0.1, 0.15) is 0 Å². The zero-order valence-electron chi connectivity index (χ0n) is 14.1. The van der Waals surface area contributed by atoms with E-state index in [0.717, 1.165) is 24.3 Å². The predicted molar refractivity (Wildman–Crippen MR) is 96.4 cm³/mol. The minimum Gasteiger partial charge on any atom is -0.387 e. The number of hydrogen-bond acceptors (Lipinski definition) is 1. The Morgan fingerprint density at radius 3 is 2.35 bits per heavy atom. The summed E-state index contributed by atoms with van der Waals surface area (Å²) >= 11 is 0. The second-order valence-electron chi connectivity index (χ2n) is 7.09. The van der Waals surface area contributed by atoms with Crippen molar-refractivity contribution in [2.75, 3.05) is 0 Å². The molecule has 0 bridgehead atoms. The fourth-order valence-electron chi connectivity index (χ4n) is 4.31. The Balaban J connectivity index is 1.92. The fourth-order valence-corrected chi connectivity index (χ4v) is 4.31. The molecule has 122 valence electrons. The van der Waals surface area contributed by atoms with Crippen molar-refractivity contribution in [3.63, 3.8) is 0 Å². The zero-order chi connectivity index (χ0) is 16.1. The SMILES string of the molecule is CCCCC1CCC(c2ccccc2)(C(O)c2ccccc2)C1. The Hall–Kier alpha value is -1.60. The van der Waals surface area contributed by atoms with Gasteiger partial charge in [0.05, 0.1) is 6.10 Å². The van der Waals surface area contributed by atoms with Gasteiger partial charge in [-0.25, -0.2) is 0 Å². The Morgan fingerprint density at radius 2 is 1.70 bits per heavy atom. The summed E-state index contributed by atoms with van der Waals surface area (Å²) in [6, 6.07) is 20.9. The van der Waals surface area contributed by atoms with Crippen LogP contribution in [0.2, 0.25) is 0 Å². The van der Waals surface area contributed by atoms with Gasteiger partial charge in [0, 0.05) is 5.41 Å². The molecule has 23 heavy (non-hydrogen) atoms. The average Bonchev–Trinajstić information content (AvgIpc) is 3.06. The summed E-state index contributed by atoms with van der Waals surface area (Å²) in [6.45, 7) is 2.26. The highest BCUT2D eigenvalue weighted by Crippen LogP contribution is 2.52. The van der Waals surface area contributed by atoms with Crippen molar-refractivity contribution in [1.29, 1.82) is 0 Å². The smallest absolute Gasteiger partial charge is 0.0886 e. The largest absolute Gasteiger partial charge is 0.387 e. The summed E-state index contributed by atoms with van der Waals surface area (Å²) in [7, 11) is 0. The molecule has 3 atom stereocenters. The Kier molecular flexibility index (Phi) is 5.17. The molecule has 3 unspecified atom stereocenters. The molecular weight excluding hydrogens is 280 g/mol. The van der Waals surface area contributed by atoms with Gasteiger partial charge in [0.2, 0.25) is 0 Å². The highest BCUT2D eigenvalue weighted by molar-refractivity contribution is 5.33.